The molecule has 0 spiro atoms. The number of amidine groups is 1. The Balaban J connectivity index is 1.75. The quantitative estimate of drug-likeness (QED) is 0.610. The standard InChI is InChI=1S/C16H13BrFN3O3S2/c17-10-3-1-9(2-4-10)14-8-25-16(19-14)20-15(22)12-6-5-11(18)7-13(12)21-26(23)24/h1-7,14,21H,8H2,(H,23,24)(H,19,20,22). The molecule has 1 amide bonds. The van der Waals surface area contributed by atoms with Crippen molar-refractivity contribution in [3.8, 4) is 0 Å². The second-order valence-electron chi connectivity index (χ2n) is 5.31. The molecular weight excluding hydrogens is 445 g/mol. The van der Waals surface area contributed by atoms with Crippen molar-refractivity contribution in [3.05, 3.63) is 63.9 Å². The molecule has 3 N–H and O–H groups in total. The average Bonchev–Trinajstić information content (AvgIpc) is 3.03. The number of hydrogen-bond acceptors (Lipinski definition) is 4. The number of carbonyl (C=O) groups is 1. The molecule has 0 aliphatic carbocycles. The minimum Gasteiger partial charge on any atom is -0.301 e. The van der Waals surface area contributed by atoms with Gasteiger partial charge in [-0.2, -0.15) is 0 Å². The maximum atomic E-state index is 13.3. The molecule has 2 aromatic rings. The number of halogens is 2. The lowest BCUT2D eigenvalue weighted by Crippen LogP contribution is -2.28. The third-order valence-corrected chi connectivity index (χ3v) is 5.44. The normalized spacial score (nSPS) is 17.5. The summed E-state index contributed by atoms with van der Waals surface area (Å²) in [5.74, 6) is -0.482. The SMILES string of the molecule is O=C(NC1=NC(c2ccc(Br)cc2)CS1)c1ccc(F)cc1NS(=O)O. The van der Waals surface area contributed by atoms with Crippen molar-refractivity contribution in [3.63, 3.8) is 0 Å². The van der Waals surface area contributed by atoms with Gasteiger partial charge < -0.3 is 5.32 Å². The van der Waals surface area contributed by atoms with E-state index >= 15 is 0 Å². The zero-order valence-electron chi connectivity index (χ0n) is 13.1. The molecule has 136 valence electrons. The summed E-state index contributed by atoms with van der Waals surface area (Å²) in [6.45, 7) is 0. The summed E-state index contributed by atoms with van der Waals surface area (Å²) in [4.78, 5) is 16.9. The number of rotatable bonds is 4. The lowest BCUT2D eigenvalue weighted by molar-refractivity contribution is 0.0979. The summed E-state index contributed by atoms with van der Waals surface area (Å²) >= 11 is 2.36. The lowest BCUT2D eigenvalue weighted by atomic mass is 10.1. The van der Waals surface area contributed by atoms with Crippen LogP contribution in [0.15, 0.2) is 51.9 Å². The van der Waals surface area contributed by atoms with Gasteiger partial charge in [-0.25, -0.2) is 8.60 Å². The molecule has 0 radical (unpaired) electrons. The van der Waals surface area contributed by atoms with Gasteiger partial charge in [0.25, 0.3) is 17.2 Å². The van der Waals surface area contributed by atoms with Crippen LogP contribution in [0.1, 0.15) is 22.0 Å². The molecule has 2 atom stereocenters. The maximum Gasteiger partial charge on any atom is 0.259 e. The fourth-order valence-electron chi connectivity index (χ4n) is 2.36. The second kappa shape index (κ2) is 8.30. The van der Waals surface area contributed by atoms with Crippen LogP contribution in [0.3, 0.4) is 0 Å². The van der Waals surface area contributed by atoms with Crippen molar-refractivity contribution in [1.82, 2.24) is 5.32 Å². The highest BCUT2D eigenvalue weighted by Crippen LogP contribution is 2.30. The van der Waals surface area contributed by atoms with Gasteiger partial charge in [-0.3, -0.25) is 19.1 Å². The van der Waals surface area contributed by atoms with Crippen LogP contribution in [0.25, 0.3) is 0 Å². The van der Waals surface area contributed by atoms with Crippen molar-refractivity contribution in [1.29, 1.82) is 0 Å². The Labute approximate surface area is 164 Å². The Hall–Kier alpha value is -1.75. The minimum atomic E-state index is -2.42. The van der Waals surface area contributed by atoms with E-state index in [0.717, 1.165) is 22.2 Å². The van der Waals surface area contributed by atoms with Crippen molar-refractivity contribution in [2.45, 2.75) is 6.04 Å². The van der Waals surface area contributed by atoms with Gasteiger partial charge in [0.2, 0.25) is 0 Å². The van der Waals surface area contributed by atoms with Gasteiger partial charge in [0.05, 0.1) is 17.3 Å². The smallest absolute Gasteiger partial charge is 0.259 e. The Morgan fingerprint density at radius 1 is 1.31 bits per heavy atom. The number of benzene rings is 2. The molecule has 3 rings (SSSR count). The molecule has 0 saturated heterocycles. The molecule has 0 bridgehead atoms. The summed E-state index contributed by atoms with van der Waals surface area (Å²) in [6.07, 6.45) is 0. The average molecular weight is 458 g/mol. The first-order valence-corrected chi connectivity index (χ1v) is 10.3. The summed E-state index contributed by atoms with van der Waals surface area (Å²) in [5, 5.41) is 3.11. The molecule has 26 heavy (non-hydrogen) atoms. The maximum absolute atomic E-state index is 13.3. The third-order valence-electron chi connectivity index (χ3n) is 3.55. The van der Waals surface area contributed by atoms with E-state index in [1.54, 1.807) is 0 Å². The highest BCUT2D eigenvalue weighted by Gasteiger charge is 2.23. The van der Waals surface area contributed by atoms with E-state index in [-0.39, 0.29) is 17.3 Å². The highest BCUT2D eigenvalue weighted by atomic mass is 79.9. The second-order valence-corrected chi connectivity index (χ2v) is 7.93. The summed E-state index contributed by atoms with van der Waals surface area (Å²) < 4.78 is 36.3. The fourth-order valence-corrected chi connectivity index (χ4v) is 3.93. The Morgan fingerprint density at radius 2 is 2.04 bits per heavy atom. The van der Waals surface area contributed by atoms with Crippen LogP contribution in [0.4, 0.5) is 10.1 Å². The molecule has 0 fully saturated rings. The number of nitrogens with zero attached hydrogens (tertiary/aromatic N) is 1. The van der Waals surface area contributed by atoms with Crippen molar-refractivity contribution in [2.24, 2.45) is 4.99 Å². The molecule has 0 aromatic heterocycles. The van der Waals surface area contributed by atoms with E-state index in [9.17, 15) is 13.4 Å². The number of carbonyl (C=O) groups excluding carboxylic acids is 1. The molecule has 1 aliphatic rings. The van der Waals surface area contributed by atoms with Crippen LogP contribution in [0.5, 0.6) is 0 Å². The summed E-state index contributed by atoms with van der Waals surface area (Å²) in [7, 11) is 0. The van der Waals surface area contributed by atoms with E-state index in [2.05, 4.69) is 31.0 Å². The van der Waals surface area contributed by atoms with Gasteiger partial charge in [-0.1, -0.05) is 39.8 Å². The molecule has 0 saturated carbocycles. The van der Waals surface area contributed by atoms with Crippen LogP contribution in [-0.2, 0) is 11.3 Å². The van der Waals surface area contributed by atoms with Gasteiger partial charge in [-0.15, -0.1) is 0 Å². The number of hydrogen-bond donors (Lipinski definition) is 3. The van der Waals surface area contributed by atoms with Crippen molar-refractivity contribution < 1.29 is 17.9 Å². The zero-order chi connectivity index (χ0) is 18.7. The Kier molecular flexibility index (Phi) is 6.07. The third kappa shape index (κ3) is 4.70. The Bertz CT molecular complexity index is 893. The molecule has 2 unspecified atom stereocenters. The van der Waals surface area contributed by atoms with Gasteiger partial charge in [0.15, 0.2) is 5.17 Å². The van der Waals surface area contributed by atoms with Gasteiger partial charge in [-0.05, 0) is 35.9 Å². The first-order valence-electron chi connectivity index (χ1n) is 7.37. The predicted molar refractivity (Wildman–Crippen MR) is 105 cm³/mol. The number of aliphatic imine (C=N–C) groups is 1. The lowest BCUT2D eigenvalue weighted by Gasteiger charge is -2.09. The van der Waals surface area contributed by atoms with Gasteiger partial charge >= 0.3 is 0 Å². The first kappa shape index (κ1) is 19.0. The topological polar surface area (TPSA) is 90.8 Å². The van der Waals surface area contributed by atoms with Crippen LogP contribution >= 0.6 is 27.7 Å². The number of amides is 1. The van der Waals surface area contributed by atoms with Crippen LogP contribution in [-0.4, -0.2) is 25.6 Å². The molecule has 2 aromatic carbocycles. The number of nitrogens with one attached hydrogen (secondary N) is 2. The van der Waals surface area contributed by atoms with Crippen molar-refractivity contribution in [2.75, 3.05) is 10.5 Å². The van der Waals surface area contributed by atoms with E-state index in [1.165, 1.54) is 17.8 Å². The predicted octanol–water partition coefficient (Wildman–Crippen LogP) is 3.71. The zero-order valence-corrected chi connectivity index (χ0v) is 16.3. The van der Waals surface area contributed by atoms with Crippen LogP contribution in [0, 0.1) is 5.82 Å². The number of anilines is 1. The van der Waals surface area contributed by atoms with Gasteiger partial charge in [0.1, 0.15) is 5.82 Å². The Morgan fingerprint density at radius 3 is 2.73 bits per heavy atom. The molecular formula is C16H13BrFN3O3S2. The molecule has 1 aliphatic heterocycles. The van der Waals surface area contributed by atoms with Crippen LogP contribution < -0.4 is 10.0 Å². The van der Waals surface area contributed by atoms with Crippen LogP contribution in [0.2, 0.25) is 0 Å². The molecule has 6 nitrogen and oxygen atoms in total. The van der Waals surface area contributed by atoms with E-state index in [0.29, 0.717) is 10.9 Å². The highest BCUT2D eigenvalue weighted by molar-refractivity contribution is 9.10. The van der Waals surface area contributed by atoms with E-state index in [1.807, 2.05) is 24.3 Å². The minimum absolute atomic E-state index is 0.0455. The summed E-state index contributed by atoms with van der Waals surface area (Å²) in [5.41, 5.74) is 1.00. The van der Waals surface area contributed by atoms with Gasteiger partial charge in [0, 0.05) is 10.2 Å². The van der Waals surface area contributed by atoms with E-state index < -0.39 is 23.0 Å². The van der Waals surface area contributed by atoms with Crippen molar-refractivity contribution >= 4 is 55.7 Å². The monoisotopic (exact) mass is 457 g/mol. The molecule has 10 heteroatoms. The molecule has 1 heterocycles. The van der Waals surface area contributed by atoms with E-state index in [4.69, 9.17) is 4.55 Å². The first-order chi connectivity index (χ1) is 12.4. The largest absolute Gasteiger partial charge is 0.301 e. The number of thioether (sulfide) groups is 1. The summed E-state index contributed by atoms with van der Waals surface area (Å²) in [6, 6.07) is 11.0. The fraction of sp³-hybridized carbons (Fsp3) is 0.125.